The van der Waals surface area contributed by atoms with E-state index in [0.29, 0.717) is 11.8 Å². The van der Waals surface area contributed by atoms with Gasteiger partial charge in [-0.1, -0.05) is 26.0 Å². The number of hydrogen-bond acceptors (Lipinski definition) is 2. The highest BCUT2D eigenvalue weighted by Gasteiger charge is 2.57. The van der Waals surface area contributed by atoms with E-state index in [-0.39, 0.29) is 18.1 Å². The lowest BCUT2D eigenvalue weighted by Crippen LogP contribution is -2.05. The molecular formula is C15H22O2. The Hall–Kier alpha value is -1.02. The SMILES string of the molecule is CC(C)Oc1ccc(C2C(CO)C2(C)C)cc1. The summed E-state index contributed by atoms with van der Waals surface area (Å²) >= 11 is 0. The number of aliphatic hydroxyl groups is 1. The molecule has 2 unspecified atom stereocenters. The molecule has 0 bridgehead atoms. The van der Waals surface area contributed by atoms with E-state index in [2.05, 4.69) is 26.0 Å². The summed E-state index contributed by atoms with van der Waals surface area (Å²) in [6.07, 6.45) is 0.211. The van der Waals surface area contributed by atoms with Gasteiger partial charge in [-0.2, -0.15) is 0 Å². The van der Waals surface area contributed by atoms with Gasteiger partial charge in [-0.05, 0) is 48.8 Å². The standard InChI is InChI=1S/C15H22O2/c1-10(2)17-12-7-5-11(6-8-12)14-13(9-16)15(14,3)4/h5-8,10,13-14,16H,9H2,1-4H3. The molecule has 1 N–H and O–H groups in total. The summed E-state index contributed by atoms with van der Waals surface area (Å²) in [6.45, 7) is 8.77. The molecule has 0 heterocycles. The molecule has 1 aliphatic carbocycles. The van der Waals surface area contributed by atoms with Gasteiger partial charge in [-0.15, -0.1) is 0 Å². The zero-order valence-electron chi connectivity index (χ0n) is 11.1. The number of ether oxygens (including phenoxy) is 1. The Labute approximate surface area is 104 Å². The molecule has 0 saturated heterocycles. The van der Waals surface area contributed by atoms with E-state index in [1.165, 1.54) is 5.56 Å². The molecule has 94 valence electrons. The third-order valence-electron chi connectivity index (χ3n) is 3.86. The van der Waals surface area contributed by atoms with Crippen LogP contribution < -0.4 is 4.74 Å². The minimum absolute atomic E-state index is 0.211. The normalized spacial score (nSPS) is 26.0. The fourth-order valence-corrected chi connectivity index (χ4v) is 2.77. The van der Waals surface area contributed by atoms with E-state index >= 15 is 0 Å². The summed E-state index contributed by atoms with van der Waals surface area (Å²) < 4.78 is 5.63. The molecule has 1 fully saturated rings. The second kappa shape index (κ2) is 4.34. The average molecular weight is 234 g/mol. The first-order valence-corrected chi connectivity index (χ1v) is 6.34. The molecular weight excluding hydrogens is 212 g/mol. The monoisotopic (exact) mass is 234 g/mol. The van der Waals surface area contributed by atoms with Crippen LogP contribution in [0.15, 0.2) is 24.3 Å². The van der Waals surface area contributed by atoms with Gasteiger partial charge in [0.25, 0.3) is 0 Å². The quantitative estimate of drug-likeness (QED) is 0.867. The fraction of sp³-hybridized carbons (Fsp3) is 0.600. The summed E-state index contributed by atoms with van der Waals surface area (Å²) in [5.41, 5.74) is 1.54. The van der Waals surface area contributed by atoms with Gasteiger partial charge in [-0.3, -0.25) is 0 Å². The summed E-state index contributed by atoms with van der Waals surface area (Å²) in [7, 11) is 0. The average Bonchev–Trinajstić information content (AvgIpc) is 2.81. The Morgan fingerprint density at radius 3 is 2.24 bits per heavy atom. The molecule has 0 radical (unpaired) electrons. The Morgan fingerprint density at radius 2 is 1.82 bits per heavy atom. The molecule has 2 atom stereocenters. The molecule has 2 nitrogen and oxygen atoms in total. The van der Waals surface area contributed by atoms with E-state index in [0.717, 1.165) is 5.75 Å². The van der Waals surface area contributed by atoms with Gasteiger partial charge in [-0.25, -0.2) is 0 Å². The summed E-state index contributed by atoms with van der Waals surface area (Å²) in [4.78, 5) is 0. The minimum atomic E-state index is 0.211. The Morgan fingerprint density at radius 1 is 1.24 bits per heavy atom. The first kappa shape index (κ1) is 12.4. The summed E-state index contributed by atoms with van der Waals surface area (Å²) in [5, 5.41) is 9.32. The summed E-state index contributed by atoms with van der Waals surface area (Å²) in [6, 6.07) is 8.30. The first-order valence-electron chi connectivity index (χ1n) is 6.34. The van der Waals surface area contributed by atoms with Crippen LogP contribution in [0.2, 0.25) is 0 Å². The van der Waals surface area contributed by atoms with Crippen LogP contribution in [0.3, 0.4) is 0 Å². The van der Waals surface area contributed by atoms with Crippen LogP contribution in [0.5, 0.6) is 5.75 Å². The first-order chi connectivity index (χ1) is 7.96. The largest absolute Gasteiger partial charge is 0.491 e. The van der Waals surface area contributed by atoms with Crippen LogP contribution in [0.25, 0.3) is 0 Å². The second-order valence-electron chi connectivity index (χ2n) is 5.82. The highest BCUT2D eigenvalue weighted by atomic mass is 16.5. The van der Waals surface area contributed by atoms with E-state index in [1.54, 1.807) is 0 Å². The van der Waals surface area contributed by atoms with Crippen LogP contribution in [0, 0.1) is 11.3 Å². The van der Waals surface area contributed by atoms with Crippen molar-refractivity contribution in [2.75, 3.05) is 6.61 Å². The molecule has 2 heteroatoms. The predicted molar refractivity (Wildman–Crippen MR) is 69.3 cm³/mol. The molecule has 1 aromatic carbocycles. The van der Waals surface area contributed by atoms with Crippen molar-refractivity contribution in [3.05, 3.63) is 29.8 Å². The van der Waals surface area contributed by atoms with Crippen molar-refractivity contribution >= 4 is 0 Å². The minimum Gasteiger partial charge on any atom is -0.491 e. The van der Waals surface area contributed by atoms with Gasteiger partial charge < -0.3 is 9.84 Å². The van der Waals surface area contributed by atoms with Gasteiger partial charge in [0.1, 0.15) is 5.75 Å². The molecule has 0 aliphatic heterocycles. The Kier molecular flexibility index (Phi) is 3.17. The van der Waals surface area contributed by atoms with Gasteiger partial charge in [0, 0.05) is 6.61 Å². The molecule has 0 spiro atoms. The third-order valence-corrected chi connectivity index (χ3v) is 3.86. The molecule has 1 aliphatic rings. The zero-order valence-corrected chi connectivity index (χ0v) is 11.1. The third kappa shape index (κ3) is 2.32. The number of rotatable bonds is 4. The van der Waals surface area contributed by atoms with Gasteiger partial charge >= 0.3 is 0 Å². The van der Waals surface area contributed by atoms with Crippen molar-refractivity contribution in [2.24, 2.45) is 11.3 Å². The maximum atomic E-state index is 9.32. The van der Waals surface area contributed by atoms with Crippen molar-refractivity contribution < 1.29 is 9.84 Å². The lowest BCUT2D eigenvalue weighted by molar-refractivity contribution is 0.242. The number of benzene rings is 1. The topological polar surface area (TPSA) is 29.5 Å². The van der Waals surface area contributed by atoms with E-state index in [4.69, 9.17) is 4.74 Å². The lowest BCUT2D eigenvalue weighted by atomic mass is 10.0. The van der Waals surface area contributed by atoms with Crippen LogP contribution in [0.1, 0.15) is 39.2 Å². The van der Waals surface area contributed by atoms with Crippen molar-refractivity contribution in [1.82, 2.24) is 0 Å². The molecule has 1 saturated carbocycles. The van der Waals surface area contributed by atoms with Gasteiger partial charge in [0.05, 0.1) is 6.10 Å². The zero-order chi connectivity index (χ0) is 12.6. The number of aliphatic hydroxyl groups excluding tert-OH is 1. The molecule has 0 aromatic heterocycles. The maximum Gasteiger partial charge on any atom is 0.119 e. The molecule has 0 amide bonds. The second-order valence-corrected chi connectivity index (χ2v) is 5.82. The van der Waals surface area contributed by atoms with Crippen molar-refractivity contribution in [3.63, 3.8) is 0 Å². The van der Waals surface area contributed by atoms with Crippen LogP contribution in [-0.4, -0.2) is 17.8 Å². The van der Waals surface area contributed by atoms with Crippen LogP contribution in [0.4, 0.5) is 0 Å². The van der Waals surface area contributed by atoms with Crippen LogP contribution in [-0.2, 0) is 0 Å². The smallest absolute Gasteiger partial charge is 0.119 e. The van der Waals surface area contributed by atoms with E-state index < -0.39 is 0 Å². The number of hydrogen-bond donors (Lipinski definition) is 1. The van der Waals surface area contributed by atoms with E-state index in [9.17, 15) is 5.11 Å². The van der Waals surface area contributed by atoms with Gasteiger partial charge in [0.2, 0.25) is 0 Å². The molecule has 2 rings (SSSR count). The van der Waals surface area contributed by atoms with Crippen molar-refractivity contribution in [1.29, 1.82) is 0 Å². The molecule has 17 heavy (non-hydrogen) atoms. The van der Waals surface area contributed by atoms with Crippen LogP contribution >= 0.6 is 0 Å². The van der Waals surface area contributed by atoms with Crippen molar-refractivity contribution in [2.45, 2.75) is 39.7 Å². The van der Waals surface area contributed by atoms with E-state index in [1.807, 2.05) is 26.0 Å². The predicted octanol–water partition coefficient (Wildman–Crippen LogP) is 3.21. The fourth-order valence-electron chi connectivity index (χ4n) is 2.77. The van der Waals surface area contributed by atoms with Gasteiger partial charge in [0.15, 0.2) is 0 Å². The maximum absolute atomic E-state index is 9.32. The lowest BCUT2D eigenvalue weighted by Gasteiger charge is -2.10. The van der Waals surface area contributed by atoms with Crippen molar-refractivity contribution in [3.8, 4) is 5.75 Å². The Balaban J connectivity index is 2.09. The molecule has 1 aromatic rings. The summed E-state index contributed by atoms with van der Waals surface area (Å²) in [5.74, 6) is 1.81. The Bertz CT molecular complexity index is 378. The highest BCUT2D eigenvalue weighted by molar-refractivity contribution is 5.36. The highest BCUT2D eigenvalue weighted by Crippen LogP contribution is 2.64.